The summed E-state index contributed by atoms with van der Waals surface area (Å²) >= 11 is 0. The fraction of sp³-hybridized carbons (Fsp3) is 0.0500. The second-order valence-corrected chi connectivity index (χ2v) is 22.0. The third-order valence-electron chi connectivity index (χ3n) is 16.9. The van der Waals surface area contributed by atoms with Crippen molar-refractivity contribution in [3.63, 3.8) is 0 Å². The Balaban J connectivity index is 0.739. The summed E-state index contributed by atoms with van der Waals surface area (Å²) in [6.45, 7) is 9.00. The van der Waals surface area contributed by atoms with Crippen LogP contribution in [0.15, 0.2) is 315 Å². The predicted octanol–water partition coefficient (Wildman–Crippen LogP) is 22.4. The zero-order valence-electron chi connectivity index (χ0n) is 48.7. The quantitative estimate of drug-likeness (QED) is 0.102. The highest BCUT2D eigenvalue weighted by atomic mass is 15.2. The lowest BCUT2D eigenvalue weighted by molar-refractivity contribution is 1.04. The molecule has 0 N–H and O–H groups in total. The molecule has 0 saturated carbocycles. The van der Waals surface area contributed by atoms with E-state index in [1.807, 2.05) is 0 Å². The molecule has 0 bridgehead atoms. The fourth-order valence-corrected chi connectivity index (χ4v) is 12.4. The molecule has 14 aromatic rings. The van der Waals surface area contributed by atoms with Crippen molar-refractivity contribution in [1.29, 1.82) is 0 Å². The van der Waals surface area contributed by atoms with Crippen LogP contribution in [0.3, 0.4) is 0 Å². The largest absolute Gasteiger partial charge is 0.314 e. The van der Waals surface area contributed by atoms with Crippen molar-refractivity contribution >= 4 is 90.1 Å². The molecule has 0 fully saturated rings. The molecule has 0 aliphatic carbocycles. The van der Waals surface area contributed by atoms with E-state index in [-0.39, 0.29) is 0 Å². The Kier molecular flexibility index (Phi) is 14.1. The minimum absolute atomic E-state index is 1.08. The van der Waals surface area contributed by atoms with Gasteiger partial charge in [0.1, 0.15) is 0 Å². The number of para-hydroxylation sites is 6. The molecular formula is C80H64N6. The third kappa shape index (κ3) is 9.93. The highest BCUT2D eigenvalue weighted by Gasteiger charge is 2.21. The summed E-state index contributed by atoms with van der Waals surface area (Å²) < 4.78 is 4.82. The summed E-state index contributed by atoms with van der Waals surface area (Å²) in [6, 6.07) is 113. The first-order valence-electron chi connectivity index (χ1n) is 29.5. The van der Waals surface area contributed by atoms with Crippen molar-refractivity contribution in [2.45, 2.75) is 27.7 Å². The van der Waals surface area contributed by atoms with Crippen LogP contribution in [0.5, 0.6) is 0 Å². The highest BCUT2D eigenvalue weighted by molar-refractivity contribution is 5.95. The Bertz CT molecular complexity index is 4240. The number of hydrogen-bond donors (Lipinski definition) is 0. The second-order valence-electron chi connectivity index (χ2n) is 22.0. The molecule has 0 spiro atoms. The minimum atomic E-state index is 1.08. The van der Waals surface area contributed by atoms with Crippen LogP contribution in [-0.2, 0) is 0 Å². The normalized spacial score (nSPS) is 11.3. The highest BCUT2D eigenvalue weighted by Crippen LogP contribution is 2.43. The molecule has 0 amide bonds. The van der Waals surface area contributed by atoms with Gasteiger partial charge in [0, 0.05) is 102 Å². The van der Waals surface area contributed by atoms with Gasteiger partial charge in [-0.25, -0.2) is 0 Å². The van der Waals surface area contributed by atoms with Crippen LogP contribution in [0.25, 0.3) is 44.3 Å². The van der Waals surface area contributed by atoms with Crippen molar-refractivity contribution in [2.75, 3.05) is 19.6 Å². The van der Waals surface area contributed by atoms with E-state index in [0.29, 0.717) is 0 Å². The molecule has 2 heterocycles. The molecule has 6 nitrogen and oxygen atoms in total. The maximum Gasteiger partial charge on any atom is 0.0534 e. The van der Waals surface area contributed by atoms with E-state index in [1.165, 1.54) is 55.4 Å². The first kappa shape index (κ1) is 53.0. The van der Waals surface area contributed by atoms with E-state index in [9.17, 15) is 0 Å². The molecule has 414 valence electrons. The summed E-state index contributed by atoms with van der Waals surface area (Å²) in [5.41, 5.74) is 25.2. The standard InChI is InChI=1S/C80H64N6/c1-57-59(3)81(69-37-41-73(42-38-69)85(67-31-19-9-20-32-67)75-49-45-71(46-50-75)83(63-23-11-5-12-24-63)64-25-13-6-14-26-64)79-53-35-61(55-77(57)79)62-36-54-80-78(56-62)58(2)60(4)82(80)70-39-43-74(44-40-70)86(68-33-21-10-22-34-68)76-51-47-72(48-52-76)84(65-27-15-7-16-28-65)66-29-17-8-18-30-66/h5-56H,1-4H3. The first-order valence-corrected chi connectivity index (χ1v) is 29.5. The SMILES string of the molecule is Cc1c(C)n(-c2ccc(N(c3ccccc3)c3ccc(N(c4ccccc4)c4ccccc4)cc3)cc2)c2ccc(-c3ccc4c(c3)c(C)c(C)n4-c3ccc(N(c4ccccc4)c4ccc(N(c5ccccc5)c5ccccc5)cc4)cc3)cc12. The number of fused-ring (bicyclic) bond motifs is 2. The number of benzene rings is 12. The summed E-state index contributed by atoms with van der Waals surface area (Å²) in [4.78, 5) is 9.26. The topological polar surface area (TPSA) is 22.8 Å². The predicted molar refractivity (Wildman–Crippen MR) is 363 cm³/mol. The van der Waals surface area contributed by atoms with E-state index in [4.69, 9.17) is 0 Å². The molecular weight excluding hydrogens is 1040 g/mol. The zero-order valence-corrected chi connectivity index (χ0v) is 48.7. The van der Waals surface area contributed by atoms with Crippen molar-refractivity contribution < 1.29 is 0 Å². The number of aryl methyl sites for hydroxylation is 2. The van der Waals surface area contributed by atoms with Gasteiger partial charge in [0.25, 0.3) is 0 Å². The van der Waals surface area contributed by atoms with Crippen LogP contribution in [0.2, 0.25) is 0 Å². The molecule has 12 aromatic carbocycles. The molecule has 0 aliphatic heterocycles. The van der Waals surface area contributed by atoms with E-state index < -0.39 is 0 Å². The Hall–Kier alpha value is -11.1. The summed E-state index contributed by atoms with van der Waals surface area (Å²) in [7, 11) is 0. The maximum absolute atomic E-state index is 2.41. The van der Waals surface area contributed by atoms with Crippen LogP contribution in [0.4, 0.5) is 68.2 Å². The van der Waals surface area contributed by atoms with Crippen LogP contribution in [-0.4, -0.2) is 9.13 Å². The number of anilines is 12. The molecule has 2 aromatic heterocycles. The minimum Gasteiger partial charge on any atom is -0.314 e. The van der Waals surface area contributed by atoms with E-state index in [2.05, 4.69) is 372 Å². The monoisotopic (exact) mass is 1110 g/mol. The van der Waals surface area contributed by atoms with Crippen LogP contribution >= 0.6 is 0 Å². The van der Waals surface area contributed by atoms with Gasteiger partial charge in [0.15, 0.2) is 0 Å². The first-order chi connectivity index (χ1) is 42.3. The van der Waals surface area contributed by atoms with Gasteiger partial charge < -0.3 is 28.7 Å². The van der Waals surface area contributed by atoms with Gasteiger partial charge in [-0.2, -0.15) is 0 Å². The Labute approximate surface area is 504 Å². The molecule has 0 unspecified atom stereocenters. The third-order valence-corrected chi connectivity index (χ3v) is 16.9. The number of rotatable bonds is 15. The molecule has 0 aliphatic rings. The van der Waals surface area contributed by atoms with Gasteiger partial charge >= 0.3 is 0 Å². The van der Waals surface area contributed by atoms with Gasteiger partial charge in [0.05, 0.1) is 11.0 Å². The van der Waals surface area contributed by atoms with Gasteiger partial charge in [-0.15, -0.1) is 0 Å². The van der Waals surface area contributed by atoms with Gasteiger partial charge in [-0.05, 0) is 244 Å². The molecule has 14 rings (SSSR count). The Morgan fingerprint density at radius 2 is 0.407 bits per heavy atom. The molecule has 6 heteroatoms. The molecule has 0 radical (unpaired) electrons. The summed E-state index contributed by atoms with van der Waals surface area (Å²) in [5.74, 6) is 0. The van der Waals surface area contributed by atoms with E-state index in [1.54, 1.807) is 0 Å². The van der Waals surface area contributed by atoms with Crippen LogP contribution < -0.4 is 19.6 Å². The number of nitrogens with zero attached hydrogens (tertiary/aromatic N) is 6. The lowest BCUT2D eigenvalue weighted by atomic mass is 10.00. The van der Waals surface area contributed by atoms with Crippen molar-refractivity contribution in [3.05, 3.63) is 338 Å². The molecule has 0 atom stereocenters. The van der Waals surface area contributed by atoms with E-state index >= 15 is 0 Å². The summed E-state index contributed by atoms with van der Waals surface area (Å²) in [5, 5.41) is 2.50. The molecule has 0 saturated heterocycles. The Morgan fingerprint density at radius 1 is 0.209 bits per heavy atom. The smallest absolute Gasteiger partial charge is 0.0534 e. The van der Waals surface area contributed by atoms with Crippen molar-refractivity contribution in [1.82, 2.24) is 9.13 Å². The second kappa shape index (κ2) is 22.9. The van der Waals surface area contributed by atoms with Gasteiger partial charge in [-0.3, -0.25) is 0 Å². The average Bonchev–Trinajstić information content (AvgIpc) is 2.35. The van der Waals surface area contributed by atoms with Crippen LogP contribution in [0.1, 0.15) is 22.5 Å². The molecule has 86 heavy (non-hydrogen) atoms. The number of aromatic nitrogens is 2. The zero-order chi connectivity index (χ0) is 58.1. The van der Waals surface area contributed by atoms with E-state index in [0.717, 1.165) is 79.6 Å². The fourth-order valence-electron chi connectivity index (χ4n) is 12.4. The summed E-state index contributed by atoms with van der Waals surface area (Å²) in [6.07, 6.45) is 0. The van der Waals surface area contributed by atoms with Crippen LogP contribution in [0, 0.1) is 27.7 Å². The van der Waals surface area contributed by atoms with Crippen molar-refractivity contribution in [3.8, 4) is 22.5 Å². The lowest BCUT2D eigenvalue weighted by Gasteiger charge is -2.28. The number of hydrogen-bond acceptors (Lipinski definition) is 4. The Morgan fingerprint density at radius 3 is 0.628 bits per heavy atom. The maximum atomic E-state index is 2.41. The lowest BCUT2D eigenvalue weighted by Crippen LogP contribution is -2.12. The average molecular weight is 1110 g/mol. The van der Waals surface area contributed by atoms with Crippen molar-refractivity contribution in [2.24, 2.45) is 0 Å². The van der Waals surface area contributed by atoms with Gasteiger partial charge in [-0.1, -0.05) is 121 Å². The van der Waals surface area contributed by atoms with Gasteiger partial charge in [0.2, 0.25) is 0 Å².